The highest BCUT2D eigenvalue weighted by atomic mass is 32.1. The van der Waals surface area contributed by atoms with Crippen LogP contribution in [0.5, 0.6) is 5.75 Å². The molecule has 0 unspecified atom stereocenters. The highest BCUT2D eigenvalue weighted by Crippen LogP contribution is 2.26. The van der Waals surface area contributed by atoms with Crippen LogP contribution in [0.25, 0.3) is 0 Å². The Labute approximate surface area is 152 Å². The van der Waals surface area contributed by atoms with E-state index in [9.17, 15) is 0 Å². The summed E-state index contributed by atoms with van der Waals surface area (Å²) in [5, 5.41) is 0.245. The van der Waals surface area contributed by atoms with Gasteiger partial charge in [-0.15, -0.1) is 0 Å². The summed E-state index contributed by atoms with van der Waals surface area (Å²) in [6.45, 7) is 0. The van der Waals surface area contributed by atoms with Gasteiger partial charge in [0.15, 0.2) is 5.11 Å². The largest absolute Gasteiger partial charge is 0.497 e. The number of pyridine rings is 1. The van der Waals surface area contributed by atoms with Crippen molar-refractivity contribution in [1.82, 2.24) is 4.98 Å². The Morgan fingerprint density at radius 2 is 1.72 bits per heavy atom. The zero-order valence-electron chi connectivity index (χ0n) is 13.9. The topological polar surface area (TPSA) is 51.4 Å². The standard InChI is InChI=1S/C20H19N3OS/c1-24-18-12-10-17(11-13-18)23(20(21)25)19-9-5-8-16(22-19)14-15-6-3-2-4-7-15/h2-13H,14H2,1H3,(H2,21,25). The minimum Gasteiger partial charge on any atom is -0.497 e. The molecule has 2 aromatic carbocycles. The van der Waals surface area contributed by atoms with Gasteiger partial charge in [-0.05, 0) is 54.2 Å². The Hall–Kier alpha value is -2.92. The molecule has 0 amide bonds. The van der Waals surface area contributed by atoms with E-state index in [1.54, 1.807) is 12.0 Å². The van der Waals surface area contributed by atoms with Crippen LogP contribution in [0.4, 0.5) is 11.5 Å². The molecule has 0 radical (unpaired) electrons. The molecule has 0 aliphatic heterocycles. The van der Waals surface area contributed by atoms with Crippen molar-refractivity contribution in [3.8, 4) is 5.75 Å². The van der Waals surface area contributed by atoms with Crippen molar-refractivity contribution in [2.45, 2.75) is 6.42 Å². The third-order valence-corrected chi connectivity index (χ3v) is 3.98. The molecule has 0 saturated heterocycles. The summed E-state index contributed by atoms with van der Waals surface area (Å²) >= 11 is 5.25. The highest BCUT2D eigenvalue weighted by Gasteiger charge is 2.14. The molecule has 5 heteroatoms. The predicted molar refractivity (Wildman–Crippen MR) is 105 cm³/mol. The van der Waals surface area contributed by atoms with Gasteiger partial charge in [0.05, 0.1) is 12.8 Å². The van der Waals surface area contributed by atoms with Crippen LogP contribution in [0.15, 0.2) is 72.8 Å². The molecule has 0 aliphatic carbocycles. The lowest BCUT2D eigenvalue weighted by atomic mass is 10.1. The van der Waals surface area contributed by atoms with Gasteiger partial charge in [0.2, 0.25) is 0 Å². The highest BCUT2D eigenvalue weighted by molar-refractivity contribution is 7.80. The maximum absolute atomic E-state index is 5.96. The van der Waals surface area contributed by atoms with Crippen LogP contribution in [0.3, 0.4) is 0 Å². The number of anilines is 2. The summed E-state index contributed by atoms with van der Waals surface area (Å²) < 4.78 is 5.20. The third kappa shape index (κ3) is 4.14. The number of thiocarbonyl (C=S) groups is 1. The molecule has 2 N–H and O–H groups in total. The maximum Gasteiger partial charge on any atom is 0.176 e. The summed E-state index contributed by atoms with van der Waals surface area (Å²) in [7, 11) is 1.63. The van der Waals surface area contributed by atoms with E-state index in [1.807, 2.05) is 60.7 Å². The third-order valence-electron chi connectivity index (χ3n) is 3.80. The number of hydrogen-bond acceptors (Lipinski definition) is 3. The van der Waals surface area contributed by atoms with Crippen molar-refractivity contribution >= 4 is 28.8 Å². The van der Waals surface area contributed by atoms with E-state index in [4.69, 9.17) is 27.7 Å². The molecule has 0 aliphatic rings. The zero-order valence-corrected chi connectivity index (χ0v) is 14.7. The number of hydrogen-bond donors (Lipinski definition) is 1. The van der Waals surface area contributed by atoms with E-state index in [0.717, 1.165) is 23.6 Å². The smallest absolute Gasteiger partial charge is 0.176 e. The van der Waals surface area contributed by atoms with Gasteiger partial charge in [0, 0.05) is 12.1 Å². The Morgan fingerprint density at radius 1 is 1.00 bits per heavy atom. The van der Waals surface area contributed by atoms with E-state index in [2.05, 4.69) is 12.1 Å². The number of aromatic nitrogens is 1. The fourth-order valence-electron chi connectivity index (χ4n) is 2.60. The first-order chi connectivity index (χ1) is 12.2. The number of rotatable bonds is 5. The number of methoxy groups -OCH3 is 1. The summed E-state index contributed by atoms with van der Waals surface area (Å²) in [6.07, 6.45) is 0.752. The molecule has 25 heavy (non-hydrogen) atoms. The van der Waals surface area contributed by atoms with Crippen molar-refractivity contribution in [3.05, 3.63) is 84.1 Å². The quantitative estimate of drug-likeness (QED) is 0.704. The number of nitrogens with zero attached hydrogens (tertiary/aromatic N) is 2. The van der Waals surface area contributed by atoms with E-state index in [0.29, 0.717) is 5.82 Å². The van der Waals surface area contributed by atoms with Gasteiger partial charge in [0.25, 0.3) is 0 Å². The minimum absolute atomic E-state index is 0.245. The monoisotopic (exact) mass is 349 g/mol. The lowest BCUT2D eigenvalue weighted by Crippen LogP contribution is -2.31. The van der Waals surface area contributed by atoms with Crippen molar-refractivity contribution in [3.63, 3.8) is 0 Å². The molecule has 1 aromatic heterocycles. The minimum atomic E-state index is 0.245. The van der Waals surface area contributed by atoms with Crippen molar-refractivity contribution < 1.29 is 4.74 Å². The van der Waals surface area contributed by atoms with Crippen molar-refractivity contribution in [2.75, 3.05) is 12.0 Å². The molecule has 3 aromatic rings. The molecule has 0 fully saturated rings. The number of nitrogens with two attached hydrogens (primary N) is 1. The second-order valence-corrected chi connectivity index (χ2v) is 5.94. The van der Waals surface area contributed by atoms with Gasteiger partial charge >= 0.3 is 0 Å². The Bertz CT molecular complexity index is 850. The van der Waals surface area contributed by atoms with E-state index < -0.39 is 0 Å². The zero-order chi connectivity index (χ0) is 17.6. The van der Waals surface area contributed by atoms with Crippen LogP contribution in [0.1, 0.15) is 11.3 Å². The molecule has 4 nitrogen and oxygen atoms in total. The molecular weight excluding hydrogens is 330 g/mol. The van der Waals surface area contributed by atoms with Gasteiger partial charge in [0.1, 0.15) is 11.6 Å². The second kappa shape index (κ2) is 7.77. The van der Waals surface area contributed by atoms with Crippen LogP contribution in [-0.4, -0.2) is 17.2 Å². The maximum atomic E-state index is 5.96. The average molecular weight is 349 g/mol. The lowest BCUT2D eigenvalue weighted by Gasteiger charge is -2.22. The Balaban J connectivity index is 1.91. The molecule has 1 heterocycles. The second-order valence-electron chi connectivity index (χ2n) is 5.52. The molecule has 0 atom stereocenters. The van der Waals surface area contributed by atoms with Crippen LogP contribution in [0, 0.1) is 0 Å². The summed E-state index contributed by atoms with van der Waals surface area (Å²) in [5.74, 6) is 1.48. The lowest BCUT2D eigenvalue weighted by molar-refractivity contribution is 0.415. The SMILES string of the molecule is COc1ccc(N(C(N)=S)c2cccc(Cc3ccccc3)n2)cc1. The van der Waals surface area contributed by atoms with E-state index >= 15 is 0 Å². The normalized spacial score (nSPS) is 10.3. The fraction of sp³-hybridized carbons (Fsp3) is 0.100. The predicted octanol–water partition coefficient (Wildman–Crippen LogP) is 4.06. The van der Waals surface area contributed by atoms with Gasteiger partial charge in [-0.2, -0.15) is 0 Å². The van der Waals surface area contributed by atoms with Crippen LogP contribution >= 0.6 is 12.2 Å². The fourth-order valence-corrected chi connectivity index (χ4v) is 2.80. The van der Waals surface area contributed by atoms with E-state index in [1.165, 1.54) is 5.56 Å². The van der Waals surface area contributed by atoms with Crippen LogP contribution < -0.4 is 15.4 Å². The summed E-state index contributed by atoms with van der Waals surface area (Å²) in [6, 6.07) is 23.7. The molecule has 0 saturated carbocycles. The Kier molecular flexibility index (Phi) is 5.26. The van der Waals surface area contributed by atoms with Gasteiger partial charge < -0.3 is 10.5 Å². The van der Waals surface area contributed by atoms with Gasteiger partial charge in [-0.3, -0.25) is 4.90 Å². The van der Waals surface area contributed by atoms with Gasteiger partial charge in [-0.25, -0.2) is 4.98 Å². The average Bonchev–Trinajstić information content (AvgIpc) is 2.63. The first-order valence-corrected chi connectivity index (χ1v) is 8.31. The summed E-state index contributed by atoms with van der Waals surface area (Å²) in [4.78, 5) is 6.49. The molecule has 3 rings (SSSR count). The number of benzene rings is 2. The Morgan fingerprint density at radius 3 is 2.36 bits per heavy atom. The van der Waals surface area contributed by atoms with E-state index in [-0.39, 0.29) is 5.11 Å². The molecule has 0 bridgehead atoms. The van der Waals surface area contributed by atoms with Crippen molar-refractivity contribution in [2.24, 2.45) is 5.73 Å². The van der Waals surface area contributed by atoms with Crippen LogP contribution in [-0.2, 0) is 6.42 Å². The van der Waals surface area contributed by atoms with Gasteiger partial charge in [-0.1, -0.05) is 36.4 Å². The first kappa shape index (κ1) is 16.9. The van der Waals surface area contributed by atoms with Crippen LogP contribution in [0.2, 0.25) is 0 Å². The molecule has 0 spiro atoms. The summed E-state index contributed by atoms with van der Waals surface area (Å²) in [5.41, 5.74) is 8.97. The van der Waals surface area contributed by atoms with Crippen molar-refractivity contribution in [1.29, 1.82) is 0 Å². The molecule has 126 valence electrons. The first-order valence-electron chi connectivity index (χ1n) is 7.91. The molecular formula is C20H19N3OS. The number of ether oxygens (including phenoxy) is 1.